The molecule has 0 spiro atoms. The van der Waals surface area contributed by atoms with Crippen LogP contribution < -0.4 is 0 Å². The maximum absolute atomic E-state index is 14.6. The second-order valence-electron chi connectivity index (χ2n) is 17.8. The van der Waals surface area contributed by atoms with Gasteiger partial charge in [0.05, 0.1) is 34.9 Å². The molecule has 0 aliphatic carbocycles. The van der Waals surface area contributed by atoms with Crippen LogP contribution in [0.4, 0.5) is 0 Å². The number of nitrogens with zero attached hydrogens (tertiary/aromatic N) is 2. The number of aryl methyl sites for hydroxylation is 1. The first-order valence-corrected chi connectivity index (χ1v) is 25.0. The molecule has 326 valence electrons. The van der Waals surface area contributed by atoms with Crippen LogP contribution in [0.3, 0.4) is 0 Å². The highest BCUT2D eigenvalue weighted by Crippen LogP contribution is 2.47. The highest BCUT2D eigenvalue weighted by atomic mass is 32.1. The van der Waals surface area contributed by atoms with E-state index in [0.717, 1.165) is 66.7 Å². The van der Waals surface area contributed by atoms with Crippen LogP contribution in [0.2, 0.25) is 0 Å². The Morgan fingerprint density at radius 1 is 0.516 bits per heavy atom. The number of carbonyl (C=O) groups excluding carboxylic acids is 2. The lowest BCUT2D eigenvalue weighted by atomic mass is 9.91. The molecule has 2 aliphatic rings. The first kappa shape index (κ1) is 44.3. The molecule has 0 radical (unpaired) electrons. The summed E-state index contributed by atoms with van der Waals surface area (Å²) in [6.45, 7) is 14.5. The van der Waals surface area contributed by atoms with Gasteiger partial charge in [0.2, 0.25) is 0 Å². The van der Waals surface area contributed by atoms with E-state index in [0.29, 0.717) is 47.6 Å². The third-order valence-electron chi connectivity index (χ3n) is 13.1. The van der Waals surface area contributed by atoms with Crippen molar-refractivity contribution in [1.82, 2.24) is 9.80 Å². The van der Waals surface area contributed by atoms with Crippen molar-refractivity contribution in [1.29, 1.82) is 0 Å². The first-order valence-electron chi connectivity index (χ1n) is 23.4. The normalized spacial score (nSPS) is 14.6. The second kappa shape index (κ2) is 20.0. The first-order chi connectivity index (χ1) is 30.2. The van der Waals surface area contributed by atoms with Crippen LogP contribution in [-0.2, 0) is 19.1 Å². The smallest absolute Gasteiger partial charge is 0.262 e. The number of fused-ring (bicyclic) bond motifs is 1. The van der Waals surface area contributed by atoms with Gasteiger partial charge in [-0.1, -0.05) is 103 Å². The topological polar surface area (TPSA) is 59.1 Å². The maximum atomic E-state index is 14.6. The highest BCUT2D eigenvalue weighted by Gasteiger charge is 2.48. The Balaban J connectivity index is 1.10. The number of hydrogen-bond acceptors (Lipinski definition) is 6. The van der Waals surface area contributed by atoms with E-state index >= 15 is 0 Å². The molecule has 8 rings (SSSR count). The summed E-state index contributed by atoms with van der Waals surface area (Å²) in [4.78, 5) is 37.1. The van der Waals surface area contributed by atoms with Crippen molar-refractivity contribution in [3.8, 4) is 20.9 Å². The quantitative estimate of drug-likeness (QED) is 0.0602. The zero-order chi connectivity index (χ0) is 43.3. The van der Waals surface area contributed by atoms with Crippen molar-refractivity contribution < 1.29 is 19.1 Å². The molecule has 0 saturated carbocycles. The van der Waals surface area contributed by atoms with Gasteiger partial charge < -0.3 is 9.47 Å². The van der Waals surface area contributed by atoms with E-state index in [1.165, 1.54) is 73.3 Å². The van der Waals surface area contributed by atoms with Gasteiger partial charge in [-0.3, -0.25) is 19.4 Å². The molecule has 8 heteroatoms. The largest absolute Gasteiger partial charge is 0.360 e. The summed E-state index contributed by atoms with van der Waals surface area (Å²) in [6, 6.07) is 26.9. The van der Waals surface area contributed by atoms with Crippen LogP contribution in [0.25, 0.3) is 58.9 Å². The van der Waals surface area contributed by atoms with Gasteiger partial charge in [-0.15, -0.1) is 22.7 Å². The fourth-order valence-corrected chi connectivity index (χ4v) is 11.6. The fourth-order valence-electron chi connectivity index (χ4n) is 9.64. The minimum Gasteiger partial charge on any atom is -0.360 e. The molecule has 2 amide bonds. The van der Waals surface area contributed by atoms with Gasteiger partial charge in [-0.05, 0) is 143 Å². The summed E-state index contributed by atoms with van der Waals surface area (Å²) in [6.07, 6.45) is 13.8. The SMILES string of the molecule is CCCCC(CCCC)COCN1C(=O)C2=C(c3ccc(-c4cc5ccc6cc(-c7ccc(C)s7)cc7ccc(c4)c5c67)s3)N(COCC(CCCC)CCCC)C(=O)C2=C1C. The molecule has 0 N–H and O–H groups in total. The molecule has 6 nitrogen and oxygen atoms in total. The Bertz CT molecular complexity index is 2510. The van der Waals surface area contributed by atoms with Crippen molar-refractivity contribution >= 4 is 72.5 Å². The van der Waals surface area contributed by atoms with Crippen LogP contribution in [0.15, 0.2) is 89.6 Å². The number of ether oxygens (including phenoxy) is 2. The van der Waals surface area contributed by atoms with Gasteiger partial charge >= 0.3 is 0 Å². The lowest BCUT2D eigenvalue weighted by Gasteiger charge is -2.25. The number of amides is 2. The summed E-state index contributed by atoms with van der Waals surface area (Å²) in [5.74, 6) is 0.595. The van der Waals surface area contributed by atoms with Crippen molar-refractivity contribution in [2.24, 2.45) is 11.8 Å². The fraction of sp³-hybridized carbons (Fsp3) is 0.444. The predicted molar refractivity (Wildman–Crippen MR) is 262 cm³/mol. The molecule has 2 aliphatic heterocycles. The molecule has 4 heterocycles. The molecule has 6 aromatic rings. The Labute approximate surface area is 376 Å². The standard InChI is InChI=1S/C54H64N2O4S2/c1-7-11-15-37(16-12-8-2)31-59-33-55-36(6)48-51(54(55)58)52(56(53(48)57)34-60-32-38(17-13-9-3)18-14-10-4)47-26-25-46(62-47)44-29-41-22-20-39-27-43(45-24-19-35(5)61-45)28-40-21-23-42(30-44)50(41)49(39)40/h19-30,37-38H,7-18,31-34H2,1-6H3. The zero-order valence-electron chi connectivity index (χ0n) is 37.7. The van der Waals surface area contributed by atoms with Gasteiger partial charge in [-0.2, -0.15) is 0 Å². The number of unbranched alkanes of at least 4 members (excludes halogenated alkanes) is 4. The summed E-state index contributed by atoms with van der Waals surface area (Å²) < 4.78 is 12.8. The van der Waals surface area contributed by atoms with E-state index in [2.05, 4.69) is 107 Å². The average Bonchev–Trinajstić information content (AvgIpc) is 4.06. The molecule has 4 aromatic carbocycles. The van der Waals surface area contributed by atoms with Gasteiger partial charge in [-0.25, -0.2) is 0 Å². The molecule has 0 saturated heterocycles. The minimum absolute atomic E-state index is 0.116. The Kier molecular flexibility index (Phi) is 14.3. The van der Waals surface area contributed by atoms with E-state index in [1.807, 2.05) is 18.3 Å². The number of carbonyl (C=O) groups is 2. The van der Waals surface area contributed by atoms with Crippen molar-refractivity contribution in [3.63, 3.8) is 0 Å². The molecular formula is C54H64N2O4S2. The van der Waals surface area contributed by atoms with Crippen LogP contribution in [0, 0.1) is 18.8 Å². The van der Waals surface area contributed by atoms with E-state index in [-0.39, 0.29) is 25.3 Å². The molecule has 2 aromatic heterocycles. The molecule has 0 unspecified atom stereocenters. The van der Waals surface area contributed by atoms with Crippen molar-refractivity contribution in [2.45, 2.75) is 119 Å². The Morgan fingerprint density at radius 3 is 1.39 bits per heavy atom. The Hall–Kier alpha value is -4.34. The van der Waals surface area contributed by atoms with E-state index in [9.17, 15) is 9.59 Å². The maximum Gasteiger partial charge on any atom is 0.262 e. The second-order valence-corrected chi connectivity index (χ2v) is 20.1. The van der Waals surface area contributed by atoms with E-state index in [4.69, 9.17) is 9.47 Å². The van der Waals surface area contributed by atoms with Gasteiger partial charge in [0.1, 0.15) is 13.5 Å². The van der Waals surface area contributed by atoms with Gasteiger partial charge in [0.15, 0.2) is 0 Å². The zero-order valence-corrected chi connectivity index (χ0v) is 39.4. The minimum atomic E-state index is -0.166. The van der Waals surface area contributed by atoms with Crippen LogP contribution >= 0.6 is 22.7 Å². The number of thiophene rings is 2. The number of rotatable bonds is 23. The van der Waals surface area contributed by atoms with Gasteiger partial charge in [0, 0.05) is 20.3 Å². The third kappa shape index (κ3) is 9.04. The molecule has 0 bridgehead atoms. The van der Waals surface area contributed by atoms with Gasteiger partial charge in [0.25, 0.3) is 11.8 Å². The summed E-state index contributed by atoms with van der Waals surface area (Å²) >= 11 is 3.47. The number of allylic oxidation sites excluding steroid dienone is 1. The molecular weight excluding hydrogens is 805 g/mol. The van der Waals surface area contributed by atoms with Crippen molar-refractivity contribution in [3.05, 3.63) is 99.4 Å². The van der Waals surface area contributed by atoms with E-state index < -0.39 is 0 Å². The molecule has 0 fully saturated rings. The lowest BCUT2D eigenvalue weighted by molar-refractivity contribution is -0.129. The number of benzene rings is 4. The molecule has 62 heavy (non-hydrogen) atoms. The monoisotopic (exact) mass is 868 g/mol. The molecule has 0 atom stereocenters. The summed E-state index contributed by atoms with van der Waals surface area (Å²) in [5, 5.41) is 7.50. The highest BCUT2D eigenvalue weighted by molar-refractivity contribution is 7.16. The summed E-state index contributed by atoms with van der Waals surface area (Å²) in [7, 11) is 0. The Morgan fingerprint density at radius 2 is 0.935 bits per heavy atom. The predicted octanol–water partition coefficient (Wildman–Crippen LogP) is 15.0. The van der Waals surface area contributed by atoms with Crippen LogP contribution in [-0.4, -0.2) is 48.3 Å². The third-order valence-corrected chi connectivity index (χ3v) is 15.3. The van der Waals surface area contributed by atoms with Crippen molar-refractivity contribution in [2.75, 3.05) is 26.7 Å². The lowest BCUT2D eigenvalue weighted by Crippen LogP contribution is -2.33. The number of hydrogen-bond donors (Lipinski definition) is 0. The van der Waals surface area contributed by atoms with Crippen LogP contribution in [0.5, 0.6) is 0 Å². The summed E-state index contributed by atoms with van der Waals surface area (Å²) in [5.41, 5.74) is 4.66. The van der Waals surface area contributed by atoms with Crippen LogP contribution in [0.1, 0.15) is 121 Å². The van der Waals surface area contributed by atoms with E-state index in [1.54, 1.807) is 21.1 Å². The average molecular weight is 869 g/mol.